The topological polar surface area (TPSA) is 55.3 Å². The molecule has 0 saturated carbocycles. The molecule has 2 rings (SSSR count). The Morgan fingerprint density at radius 1 is 1.55 bits per heavy atom. The van der Waals surface area contributed by atoms with Gasteiger partial charge in [-0.2, -0.15) is 0 Å². The molecule has 7 heteroatoms. The maximum absolute atomic E-state index is 12.0. The molecule has 1 aromatic heterocycles. The molecule has 0 N–H and O–H groups in total. The summed E-state index contributed by atoms with van der Waals surface area (Å²) < 4.78 is 5.40. The third kappa shape index (κ3) is 5.02. The van der Waals surface area contributed by atoms with E-state index < -0.39 is 5.60 Å². The molecule has 0 aliphatic carbocycles. The molecule has 1 atom stereocenters. The molecule has 0 bridgehead atoms. The number of hydrogen-bond donors (Lipinski definition) is 0. The number of halogens is 1. The highest BCUT2D eigenvalue weighted by Gasteiger charge is 2.29. The second kappa shape index (κ2) is 7.04. The first kappa shape index (κ1) is 17.3. The lowest BCUT2D eigenvalue weighted by Gasteiger charge is -2.24. The van der Waals surface area contributed by atoms with Gasteiger partial charge in [-0.05, 0) is 40.0 Å². The molecular formula is C15H22ClN3O2S. The van der Waals surface area contributed by atoms with Gasteiger partial charge in [0.2, 0.25) is 0 Å². The van der Waals surface area contributed by atoms with E-state index in [1.807, 2.05) is 27.7 Å². The third-order valence-electron chi connectivity index (χ3n) is 3.27. The fraction of sp³-hybridized carbons (Fsp3) is 0.667. The van der Waals surface area contributed by atoms with Gasteiger partial charge in [-0.3, -0.25) is 0 Å². The second-order valence-corrected chi connectivity index (χ2v) is 7.86. The van der Waals surface area contributed by atoms with Crippen LogP contribution in [0.4, 0.5) is 4.79 Å². The van der Waals surface area contributed by atoms with Gasteiger partial charge in [0.25, 0.3) is 0 Å². The number of aromatic nitrogens is 2. The lowest BCUT2D eigenvalue weighted by Crippen LogP contribution is -2.35. The molecule has 1 amide bonds. The van der Waals surface area contributed by atoms with Gasteiger partial charge in [0, 0.05) is 30.6 Å². The monoisotopic (exact) mass is 343 g/mol. The van der Waals surface area contributed by atoms with E-state index in [0.717, 1.165) is 30.8 Å². The van der Waals surface area contributed by atoms with Gasteiger partial charge < -0.3 is 9.64 Å². The van der Waals surface area contributed by atoms with Crippen molar-refractivity contribution in [3.8, 4) is 0 Å². The van der Waals surface area contributed by atoms with Crippen LogP contribution in [-0.2, 0) is 4.74 Å². The summed E-state index contributed by atoms with van der Waals surface area (Å²) in [4.78, 5) is 22.3. The molecule has 0 aromatic carbocycles. The van der Waals surface area contributed by atoms with Crippen LogP contribution in [0.25, 0.3) is 0 Å². The predicted molar refractivity (Wildman–Crippen MR) is 88.4 cm³/mol. The van der Waals surface area contributed by atoms with Crippen LogP contribution in [0.3, 0.4) is 0 Å². The number of nitrogens with zero attached hydrogens (tertiary/aromatic N) is 3. The summed E-state index contributed by atoms with van der Waals surface area (Å²) in [6, 6.07) is 0. The number of carbonyl (C=O) groups is 1. The molecule has 0 spiro atoms. The van der Waals surface area contributed by atoms with E-state index >= 15 is 0 Å². The van der Waals surface area contributed by atoms with Crippen molar-refractivity contribution in [2.24, 2.45) is 5.92 Å². The number of carbonyl (C=O) groups excluding carboxylic acids is 1. The first-order chi connectivity index (χ1) is 10.2. The Bertz CT molecular complexity index is 548. The summed E-state index contributed by atoms with van der Waals surface area (Å²) >= 11 is 7.58. The highest BCUT2D eigenvalue weighted by atomic mass is 35.5. The molecule has 0 radical (unpaired) electrons. The first-order valence-corrected chi connectivity index (χ1v) is 8.71. The molecule has 2 heterocycles. The van der Waals surface area contributed by atoms with Gasteiger partial charge in [0.1, 0.15) is 10.8 Å². The van der Waals surface area contributed by atoms with Gasteiger partial charge in [-0.15, -0.1) is 0 Å². The number of ether oxygens (including phenoxy) is 1. The highest BCUT2D eigenvalue weighted by molar-refractivity contribution is 7.99. The summed E-state index contributed by atoms with van der Waals surface area (Å²) in [7, 11) is 0. The number of rotatable bonds is 3. The minimum absolute atomic E-state index is 0.227. The molecule has 1 aliphatic rings. The number of thioether (sulfide) groups is 1. The van der Waals surface area contributed by atoms with Crippen LogP contribution in [0.2, 0.25) is 5.15 Å². The maximum atomic E-state index is 12.0. The van der Waals surface area contributed by atoms with Crippen molar-refractivity contribution in [2.75, 3.05) is 18.8 Å². The molecule has 1 aliphatic heterocycles. The number of hydrogen-bond acceptors (Lipinski definition) is 5. The zero-order valence-electron chi connectivity index (χ0n) is 13.4. The number of likely N-dealkylation sites (tertiary alicyclic amines) is 1. The van der Waals surface area contributed by atoms with E-state index in [-0.39, 0.29) is 6.09 Å². The fourth-order valence-corrected chi connectivity index (χ4v) is 3.25. The molecular weight excluding hydrogens is 322 g/mol. The quantitative estimate of drug-likeness (QED) is 0.475. The van der Waals surface area contributed by atoms with Crippen LogP contribution in [0, 0.1) is 12.8 Å². The minimum atomic E-state index is -0.448. The minimum Gasteiger partial charge on any atom is -0.444 e. The average Bonchev–Trinajstić information content (AvgIpc) is 2.87. The smallest absolute Gasteiger partial charge is 0.410 e. The Kier molecular flexibility index (Phi) is 5.55. The van der Waals surface area contributed by atoms with Crippen LogP contribution in [0.1, 0.15) is 32.8 Å². The van der Waals surface area contributed by atoms with Crippen molar-refractivity contribution >= 4 is 29.5 Å². The van der Waals surface area contributed by atoms with Gasteiger partial charge in [-0.1, -0.05) is 23.4 Å². The van der Waals surface area contributed by atoms with Crippen molar-refractivity contribution in [3.63, 3.8) is 0 Å². The Balaban J connectivity index is 1.81. The largest absolute Gasteiger partial charge is 0.444 e. The SMILES string of the molecule is Cc1cnc(SC[C@@H]2CCN(C(=O)OC(C)(C)C)C2)nc1Cl. The van der Waals surface area contributed by atoms with E-state index in [4.69, 9.17) is 16.3 Å². The molecule has 122 valence electrons. The molecule has 0 unspecified atom stereocenters. The Morgan fingerprint density at radius 3 is 2.91 bits per heavy atom. The molecule has 1 saturated heterocycles. The molecule has 1 fully saturated rings. The zero-order valence-corrected chi connectivity index (χ0v) is 15.0. The molecule has 5 nitrogen and oxygen atoms in total. The Labute approximate surface area is 140 Å². The van der Waals surface area contributed by atoms with E-state index in [1.165, 1.54) is 0 Å². The lowest BCUT2D eigenvalue weighted by molar-refractivity contribution is 0.0289. The third-order valence-corrected chi connectivity index (χ3v) is 4.75. The summed E-state index contributed by atoms with van der Waals surface area (Å²) in [6.07, 6.45) is 2.49. The van der Waals surface area contributed by atoms with Crippen molar-refractivity contribution < 1.29 is 9.53 Å². The summed E-state index contributed by atoms with van der Waals surface area (Å²) in [5, 5.41) is 1.19. The Hall–Kier alpha value is -1.01. The van der Waals surface area contributed by atoms with Gasteiger partial charge >= 0.3 is 6.09 Å². The Morgan fingerprint density at radius 2 is 2.27 bits per heavy atom. The first-order valence-electron chi connectivity index (χ1n) is 7.34. The van der Waals surface area contributed by atoms with Crippen LogP contribution in [0.15, 0.2) is 11.4 Å². The lowest BCUT2D eigenvalue weighted by atomic mass is 10.2. The van der Waals surface area contributed by atoms with Crippen molar-refractivity contribution in [1.82, 2.24) is 14.9 Å². The fourth-order valence-electron chi connectivity index (χ4n) is 2.13. The van der Waals surface area contributed by atoms with Crippen LogP contribution >= 0.6 is 23.4 Å². The van der Waals surface area contributed by atoms with E-state index in [0.29, 0.717) is 16.2 Å². The van der Waals surface area contributed by atoms with Crippen LogP contribution in [-0.4, -0.2) is 45.4 Å². The van der Waals surface area contributed by atoms with Crippen LogP contribution in [0.5, 0.6) is 0 Å². The van der Waals surface area contributed by atoms with Gasteiger partial charge in [0.05, 0.1) is 0 Å². The predicted octanol–water partition coefficient (Wildman–Crippen LogP) is 3.79. The van der Waals surface area contributed by atoms with Crippen molar-refractivity contribution in [2.45, 2.75) is 44.9 Å². The maximum Gasteiger partial charge on any atom is 0.410 e. The highest BCUT2D eigenvalue weighted by Crippen LogP contribution is 2.26. The van der Waals surface area contributed by atoms with E-state index in [9.17, 15) is 4.79 Å². The molecule has 22 heavy (non-hydrogen) atoms. The normalized spacial score (nSPS) is 18.6. The summed E-state index contributed by atoms with van der Waals surface area (Å²) in [5.41, 5.74) is 0.430. The van der Waals surface area contributed by atoms with E-state index in [2.05, 4.69) is 9.97 Å². The van der Waals surface area contributed by atoms with E-state index in [1.54, 1.807) is 22.9 Å². The zero-order chi connectivity index (χ0) is 16.3. The standard InChI is InChI=1S/C15H22ClN3O2S/c1-10-7-17-13(18-12(10)16)22-9-11-5-6-19(8-11)14(20)21-15(2,3)4/h7,11H,5-6,8-9H2,1-4H3/t11-/m1/s1. The average molecular weight is 344 g/mol. The van der Waals surface area contributed by atoms with Crippen LogP contribution < -0.4 is 0 Å². The molecule has 1 aromatic rings. The number of aryl methyl sites for hydroxylation is 1. The van der Waals surface area contributed by atoms with Gasteiger partial charge in [0.15, 0.2) is 5.16 Å². The summed E-state index contributed by atoms with van der Waals surface area (Å²) in [5.74, 6) is 1.31. The summed E-state index contributed by atoms with van der Waals surface area (Å²) in [6.45, 7) is 9.00. The van der Waals surface area contributed by atoms with Gasteiger partial charge in [-0.25, -0.2) is 14.8 Å². The second-order valence-electron chi connectivity index (χ2n) is 6.52. The van der Waals surface area contributed by atoms with Crippen molar-refractivity contribution in [3.05, 3.63) is 16.9 Å². The number of amides is 1. The van der Waals surface area contributed by atoms with Crippen molar-refractivity contribution in [1.29, 1.82) is 0 Å².